The molecule has 0 aromatic carbocycles. The summed E-state index contributed by atoms with van der Waals surface area (Å²) >= 11 is 4.89. The van der Waals surface area contributed by atoms with Crippen LogP contribution in [-0.4, -0.2) is 34.9 Å². The number of amides is 1. The summed E-state index contributed by atoms with van der Waals surface area (Å²) in [6.07, 6.45) is 0.434. The van der Waals surface area contributed by atoms with E-state index in [9.17, 15) is 13.2 Å². The molecule has 0 aliphatic carbocycles. The van der Waals surface area contributed by atoms with E-state index in [1.807, 2.05) is 13.8 Å². The van der Waals surface area contributed by atoms with Crippen LogP contribution in [0.4, 0.5) is 0 Å². The third-order valence-corrected chi connectivity index (χ3v) is 6.23. The third-order valence-electron chi connectivity index (χ3n) is 3.28. The van der Waals surface area contributed by atoms with E-state index in [1.54, 1.807) is 0 Å². The molecular weight excluding hydrogens is 260 g/mol. The second-order valence-corrected chi connectivity index (χ2v) is 8.24. The van der Waals surface area contributed by atoms with Crippen molar-refractivity contribution in [2.45, 2.75) is 38.9 Å². The Morgan fingerprint density at radius 1 is 1.47 bits per heavy atom. The van der Waals surface area contributed by atoms with Crippen molar-refractivity contribution < 1.29 is 13.2 Å². The van der Waals surface area contributed by atoms with Crippen molar-refractivity contribution in [1.82, 2.24) is 4.31 Å². The van der Waals surface area contributed by atoms with E-state index >= 15 is 0 Å². The lowest BCUT2D eigenvalue weighted by Crippen LogP contribution is -2.67. The summed E-state index contributed by atoms with van der Waals surface area (Å²) in [5.41, 5.74) is 5.10. The fourth-order valence-electron chi connectivity index (χ4n) is 1.48. The summed E-state index contributed by atoms with van der Waals surface area (Å²) < 4.78 is 23.2. The maximum Gasteiger partial charge on any atom is 0.258 e. The molecule has 17 heavy (non-hydrogen) atoms. The Kier molecular flexibility index (Phi) is 3.31. The number of carbonyl (C=O) groups excluding carboxylic acids is 1. The molecule has 0 aromatic heterocycles. The van der Waals surface area contributed by atoms with E-state index in [0.29, 0.717) is 11.4 Å². The van der Waals surface area contributed by atoms with Crippen LogP contribution in [0.25, 0.3) is 0 Å². The molecule has 1 aliphatic heterocycles. The zero-order valence-corrected chi connectivity index (χ0v) is 12.1. The van der Waals surface area contributed by atoms with E-state index in [1.165, 1.54) is 13.8 Å². The molecule has 0 aromatic rings. The van der Waals surface area contributed by atoms with Gasteiger partial charge in [-0.1, -0.05) is 26.1 Å². The predicted octanol–water partition coefficient (Wildman–Crippen LogP) is 0.639. The smallest absolute Gasteiger partial charge is 0.258 e. The fraction of sp³-hybridized carbons (Fsp3) is 0.800. The van der Waals surface area contributed by atoms with Gasteiger partial charge in [0.1, 0.15) is 0 Å². The fourth-order valence-corrected chi connectivity index (χ4v) is 3.11. The lowest BCUT2D eigenvalue weighted by atomic mass is 9.89. The number of hydrogen-bond acceptors (Lipinski definition) is 4. The minimum atomic E-state index is -3.50. The van der Waals surface area contributed by atoms with E-state index in [2.05, 4.69) is 0 Å². The molecule has 1 rings (SSSR count). The standard InChI is InChI=1S/C10H18N2O3S2/c1-9(2,7(11)16)5-6-12-8(13)10(3,4)17(12,14)15/h5-6H2,1-4H3,(H2,11,16). The molecule has 0 unspecified atom stereocenters. The highest BCUT2D eigenvalue weighted by molar-refractivity contribution is 7.94. The molecule has 1 heterocycles. The van der Waals surface area contributed by atoms with E-state index < -0.39 is 20.2 Å². The Bertz CT molecular complexity index is 466. The van der Waals surface area contributed by atoms with Crippen LogP contribution in [0, 0.1) is 5.41 Å². The highest BCUT2D eigenvalue weighted by atomic mass is 32.2. The van der Waals surface area contributed by atoms with E-state index in [4.69, 9.17) is 18.0 Å². The Labute approximate surface area is 107 Å². The van der Waals surface area contributed by atoms with Crippen LogP contribution in [0.15, 0.2) is 0 Å². The highest BCUT2D eigenvalue weighted by Gasteiger charge is 2.59. The summed E-state index contributed by atoms with van der Waals surface area (Å²) in [7, 11) is -3.50. The van der Waals surface area contributed by atoms with Crippen molar-refractivity contribution in [3.8, 4) is 0 Å². The summed E-state index contributed by atoms with van der Waals surface area (Å²) in [4.78, 5) is 12.0. The molecule has 2 N–H and O–H groups in total. The van der Waals surface area contributed by atoms with Gasteiger partial charge in [0.05, 0.1) is 4.99 Å². The second-order valence-electron chi connectivity index (χ2n) is 5.39. The number of sulfonamides is 1. The van der Waals surface area contributed by atoms with Crippen molar-refractivity contribution >= 4 is 33.1 Å². The van der Waals surface area contributed by atoms with Gasteiger partial charge in [-0.05, 0) is 20.3 Å². The lowest BCUT2D eigenvalue weighted by Gasteiger charge is -2.44. The minimum absolute atomic E-state index is 0.134. The average molecular weight is 278 g/mol. The Hall–Kier alpha value is -0.690. The van der Waals surface area contributed by atoms with Crippen molar-refractivity contribution in [3.05, 3.63) is 0 Å². The number of rotatable bonds is 4. The molecule has 98 valence electrons. The molecule has 1 aliphatic rings. The molecule has 7 heteroatoms. The first kappa shape index (κ1) is 14.4. The quantitative estimate of drug-likeness (QED) is 0.763. The van der Waals surface area contributed by atoms with Crippen molar-refractivity contribution in [1.29, 1.82) is 0 Å². The first-order valence-corrected chi connectivity index (χ1v) is 7.16. The van der Waals surface area contributed by atoms with Crippen LogP contribution in [0.5, 0.6) is 0 Å². The van der Waals surface area contributed by atoms with Gasteiger partial charge in [-0.2, -0.15) is 0 Å². The van der Waals surface area contributed by atoms with Crippen LogP contribution in [0.1, 0.15) is 34.1 Å². The number of thiocarbonyl (C=S) groups is 1. The molecule has 0 bridgehead atoms. The zero-order chi connectivity index (χ0) is 13.6. The van der Waals surface area contributed by atoms with Crippen molar-refractivity contribution in [2.75, 3.05) is 6.54 Å². The maximum absolute atomic E-state index is 11.8. The molecule has 0 radical (unpaired) electrons. The first-order valence-electron chi connectivity index (χ1n) is 5.31. The Morgan fingerprint density at radius 3 is 2.29 bits per heavy atom. The van der Waals surface area contributed by atoms with Crippen LogP contribution in [0.2, 0.25) is 0 Å². The van der Waals surface area contributed by atoms with Gasteiger partial charge in [-0.3, -0.25) is 4.79 Å². The monoisotopic (exact) mass is 278 g/mol. The lowest BCUT2D eigenvalue weighted by molar-refractivity contribution is -0.132. The number of nitrogens with zero attached hydrogens (tertiary/aromatic N) is 1. The average Bonchev–Trinajstić information content (AvgIpc) is 2.16. The second kappa shape index (κ2) is 3.91. The van der Waals surface area contributed by atoms with Crippen LogP contribution >= 0.6 is 12.2 Å². The number of nitrogens with two attached hydrogens (primary N) is 1. The van der Waals surface area contributed by atoms with Crippen molar-refractivity contribution in [2.24, 2.45) is 11.1 Å². The van der Waals surface area contributed by atoms with E-state index in [-0.39, 0.29) is 12.5 Å². The van der Waals surface area contributed by atoms with Gasteiger partial charge in [-0.25, -0.2) is 12.7 Å². The highest BCUT2D eigenvalue weighted by Crippen LogP contribution is 2.36. The van der Waals surface area contributed by atoms with Crippen LogP contribution in [0.3, 0.4) is 0 Å². The molecule has 0 atom stereocenters. The Balaban J connectivity index is 2.75. The summed E-state index contributed by atoms with van der Waals surface area (Å²) in [5.74, 6) is -0.365. The minimum Gasteiger partial charge on any atom is -0.393 e. The molecule has 1 saturated heterocycles. The molecule has 0 spiro atoms. The number of carbonyl (C=O) groups is 1. The van der Waals surface area contributed by atoms with Gasteiger partial charge in [0.15, 0.2) is 4.75 Å². The molecule has 0 saturated carbocycles. The normalized spacial score (nSPS) is 22.1. The van der Waals surface area contributed by atoms with Gasteiger partial charge in [0, 0.05) is 12.0 Å². The Morgan fingerprint density at radius 2 is 1.94 bits per heavy atom. The molecular formula is C10H18N2O3S2. The molecule has 5 nitrogen and oxygen atoms in total. The maximum atomic E-state index is 11.8. The summed E-state index contributed by atoms with van der Waals surface area (Å²) in [6.45, 7) is 6.63. The summed E-state index contributed by atoms with van der Waals surface area (Å²) in [6, 6.07) is 0. The summed E-state index contributed by atoms with van der Waals surface area (Å²) in [5, 5.41) is 0. The zero-order valence-electron chi connectivity index (χ0n) is 10.5. The molecule has 1 fully saturated rings. The largest absolute Gasteiger partial charge is 0.393 e. The van der Waals surface area contributed by atoms with Crippen LogP contribution in [-0.2, 0) is 14.8 Å². The first-order chi connectivity index (χ1) is 7.44. The van der Waals surface area contributed by atoms with Crippen LogP contribution < -0.4 is 5.73 Å². The number of hydrogen-bond donors (Lipinski definition) is 1. The van der Waals surface area contributed by atoms with Gasteiger partial charge in [0.2, 0.25) is 0 Å². The van der Waals surface area contributed by atoms with Gasteiger partial charge in [-0.15, -0.1) is 0 Å². The molecule has 1 amide bonds. The van der Waals surface area contributed by atoms with Gasteiger partial charge in [0.25, 0.3) is 15.9 Å². The predicted molar refractivity (Wildman–Crippen MR) is 69.9 cm³/mol. The van der Waals surface area contributed by atoms with Gasteiger partial charge < -0.3 is 5.73 Å². The SMILES string of the molecule is CC(C)(CCN1C(=O)C(C)(C)S1(=O)=O)C(N)=S. The van der Waals surface area contributed by atoms with Crippen molar-refractivity contribution in [3.63, 3.8) is 0 Å². The third kappa shape index (κ3) is 2.06. The van der Waals surface area contributed by atoms with E-state index in [0.717, 1.165) is 4.31 Å². The van der Waals surface area contributed by atoms with Gasteiger partial charge >= 0.3 is 0 Å². The topological polar surface area (TPSA) is 80.5 Å².